The zero-order chi connectivity index (χ0) is 16.7. The second-order valence-electron chi connectivity index (χ2n) is 4.13. The first kappa shape index (κ1) is 17.6. The number of hydrogen-bond acceptors (Lipinski definition) is 4. The van der Waals surface area contributed by atoms with Crippen LogP contribution >= 0.6 is 0 Å². The van der Waals surface area contributed by atoms with Gasteiger partial charge in [-0.1, -0.05) is 32.0 Å². The summed E-state index contributed by atoms with van der Waals surface area (Å²) in [6.45, 7) is 3.79. The molecule has 120 valence electrons. The number of hydroxylamine groups is 2. The second kappa shape index (κ2) is 8.14. The van der Waals surface area contributed by atoms with E-state index in [1.54, 1.807) is 6.07 Å². The number of benzene rings is 1. The third-order valence-electron chi connectivity index (χ3n) is 2.90. The lowest BCUT2D eigenvalue weighted by Crippen LogP contribution is -2.32. The molecule has 0 aliphatic carbocycles. The van der Waals surface area contributed by atoms with E-state index in [2.05, 4.69) is 5.32 Å². The number of hydrogen-bond donors (Lipinski definition) is 2. The molecule has 1 aliphatic heterocycles. The highest BCUT2D eigenvalue weighted by Crippen LogP contribution is 2.16. The molecule has 0 saturated heterocycles. The first-order valence-electron chi connectivity index (χ1n) is 6.84. The van der Waals surface area contributed by atoms with Gasteiger partial charge in [-0.05, 0) is 6.07 Å². The van der Waals surface area contributed by atoms with Crippen LogP contribution in [0.2, 0.25) is 0 Å². The van der Waals surface area contributed by atoms with Crippen molar-refractivity contribution in [3.63, 3.8) is 0 Å². The van der Waals surface area contributed by atoms with E-state index in [1.165, 1.54) is 25.3 Å². The molecule has 0 bridgehead atoms. The third-order valence-corrected chi connectivity index (χ3v) is 2.90. The number of nitrogens with one attached hydrogen (secondary N) is 1. The van der Waals surface area contributed by atoms with E-state index in [0.717, 1.165) is 5.06 Å². The number of aliphatic hydroxyl groups is 1. The average molecular weight is 310 g/mol. The van der Waals surface area contributed by atoms with Gasteiger partial charge >= 0.3 is 0 Å². The minimum absolute atomic E-state index is 0.0827. The predicted octanol–water partition coefficient (Wildman–Crippen LogP) is 1.68. The molecule has 0 atom stereocenters. The molecule has 1 heterocycles. The van der Waals surface area contributed by atoms with Crippen LogP contribution in [0.1, 0.15) is 19.4 Å². The molecule has 2 amide bonds. The maximum Gasteiger partial charge on any atom is 0.286 e. The van der Waals surface area contributed by atoms with Crippen LogP contribution in [-0.2, 0) is 21.0 Å². The van der Waals surface area contributed by atoms with Crippen LogP contribution in [0.15, 0.2) is 35.6 Å². The third kappa shape index (κ3) is 3.82. The van der Waals surface area contributed by atoms with Crippen LogP contribution in [0.25, 0.3) is 0 Å². The van der Waals surface area contributed by atoms with Crippen LogP contribution in [0, 0.1) is 5.82 Å². The average Bonchev–Trinajstić information content (AvgIpc) is 2.87. The molecule has 1 aliphatic rings. The van der Waals surface area contributed by atoms with E-state index in [0.29, 0.717) is 0 Å². The smallest absolute Gasteiger partial charge is 0.286 e. The molecule has 22 heavy (non-hydrogen) atoms. The summed E-state index contributed by atoms with van der Waals surface area (Å²) in [4.78, 5) is 28.1. The van der Waals surface area contributed by atoms with Gasteiger partial charge in [0.1, 0.15) is 5.82 Å². The Morgan fingerprint density at radius 2 is 2.05 bits per heavy atom. The molecule has 0 aromatic heterocycles. The Morgan fingerprint density at radius 1 is 1.41 bits per heavy atom. The number of amides is 2. The number of halogens is 1. The summed E-state index contributed by atoms with van der Waals surface area (Å²) >= 11 is 0. The number of rotatable bonds is 4. The van der Waals surface area contributed by atoms with Crippen LogP contribution in [0.3, 0.4) is 0 Å². The number of nitrogens with zero attached hydrogens (tertiary/aromatic N) is 1. The zero-order valence-electron chi connectivity index (χ0n) is 12.7. The topological polar surface area (TPSA) is 78.9 Å². The molecule has 0 fully saturated rings. The lowest BCUT2D eigenvalue weighted by Gasteiger charge is -2.20. The van der Waals surface area contributed by atoms with Gasteiger partial charge in [-0.3, -0.25) is 14.4 Å². The molecule has 2 rings (SSSR count). The fraction of sp³-hybridized carbons (Fsp3) is 0.333. The normalized spacial score (nSPS) is 13.4. The highest BCUT2D eigenvalue weighted by molar-refractivity contribution is 6.06. The Hall–Kier alpha value is -2.41. The Balaban J connectivity index is 0.00000116. The minimum atomic E-state index is -0.713. The molecule has 6 nitrogen and oxygen atoms in total. The number of carbonyl (C=O) groups is 2. The molecule has 0 radical (unpaired) electrons. The molecule has 0 saturated carbocycles. The van der Waals surface area contributed by atoms with Crippen molar-refractivity contribution in [3.05, 3.63) is 47.0 Å². The minimum Gasteiger partial charge on any atom is -0.503 e. The standard InChI is InChI=1S/C13H13FN2O4.C2H6/c1-20-16(7-8-4-2-3-5-10(8)14)13(19)9-6-15-12(18)11(9)17;1-2/h2-5,17H,6-7H2,1H3,(H,15,18);1-2H3. The second-order valence-corrected chi connectivity index (χ2v) is 4.13. The van der Waals surface area contributed by atoms with E-state index in [1.807, 2.05) is 13.8 Å². The Morgan fingerprint density at radius 3 is 2.55 bits per heavy atom. The van der Waals surface area contributed by atoms with Gasteiger partial charge in [-0.15, -0.1) is 0 Å². The van der Waals surface area contributed by atoms with Crippen LogP contribution in [0.4, 0.5) is 4.39 Å². The van der Waals surface area contributed by atoms with Gasteiger partial charge in [-0.25, -0.2) is 9.45 Å². The van der Waals surface area contributed by atoms with E-state index in [9.17, 15) is 19.1 Å². The lowest BCUT2D eigenvalue weighted by atomic mass is 10.2. The quantitative estimate of drug-likeness (QED) is 0.829. The maximum absolute atomic E-state index is 13.5. The van der Waals surface area contributed by atoms with Crippen molar-refractivity contribution in [1.82, 2.24) is 10.4 Å². The van der Waals surface area contributed by atoms with Crippen molar-refractivity contribution in [2.24, 2.45) is 0 Å². The Kier molecular flexibility index (Phi) is 6.52. The van der Waals surface area contributed by atoms with Crippen LogP contribution < -0.4 is 5.32 Å². The van der Waals surface area contributed by atoms with Crippen molar-refractivity contribution < 1.29 is 23.9 Å². The van der Waals surface area contributed by atoms with Gasteiger partial charge < -0.3 is 10.4 Å². The first-order valence-corrected chi connectivity index (χ1v) is 6.84. The monoisotopic (exact) mass is 310 g/mol. The largest absolute Gasteiger partial charge is 0.503 e. The van der Waals surface area contributed by atoms with E-state index in [4.69, 9.17) is 4.84 Å². The molecule has 0 unspecified atom stereocenters. The van der Waals surface area contributed by atoms with Crippen LogP contribution in [-0.4, -0.2) is 35.6 Å². The fourth-order valence-corrected chi connectivity index (χ4v) is 1.80. The van der Waals surface area contributed by atoms with E-state index < -0.39 is 23.4 Å². The van der Waals surface area contributed by atoms with Gasteiger partial charge in [0.25, 0.3) is 11.8 Å². The maximum atomic E-state index is 13.5. The van der Waals surface area contributed by atoms with E-state index in [-0.39, 0.29) is 24.2 Å². The first-order chi connectivity index (χ1) is 10.5. The summed E-state index contributed by atoms with van der Waals surface area (Å²) < 4.78 is 13.5. The van der Waals surface area contributed by atoms with Gasteiger partial charge in [-0.2, -0.15) is 0 Å². The van der Waals surface area contributed by atoms with Crippen molar-refractivity contribution in [2.75, 3.05) is 13.7 Å². The molecule has 1 aromatic carbocycles. The summed E-state index contributed by atoms with van der Waals surface area (Å²) in [5.41, 5.74) is 0.160. The molecular formula is C15H19FN2O4. The summed E-state index contributed by atoms with van der Waals surface area (Å²) in [5, 5.41) is 12.7. The molecule has 2 N–H and O–H groups in total. The summed E-state index contributed by atoms with van der Waals surface area (Å²) in [7, 11) is 1.25. The zero-order valence-corrected chi connectivity index (χ0v) is 12.7. The Bertz CT molecular complexity index is 587. The fourth-order valence-electron chi connectivity index (χ4n) is 1.80. The summed E-state index contributed by atoms with van der Waals surface area (Å²) in [6.07, 6.45) is 0. The SMILES string of the molecule is CC.CON(Cc1ccccc1F)C(=O)C1=C(O)C(=O)NC1. The molecular weight excluding hydrogens is 291 g/mol. The van der Waals surface area contributed by atoms with Gasteiger partial charge in [0.2, 0.25) is 0 Å². The number of aliphatic hydroxyl groups excluding tert-OH is 1. The number of carbonyl (C=O) groups excluding carboxylic acids is 2. The highest BCUT2D eigenvalue weighted by atomic mass is 19.1. The Labute approximate surface area is 128 Å². The van der Waals surface area contributed by atoms with Crippen molar-refractivity contribution >= 4 is 11.8 Å². The van der Waals surface area contributed by atoms with E-state index >= 15 is 0 Å². The predicted molar refractivity (Wildman–Crippen MR) is 78.0 cm³/mol. The molecule has 0 spiro atoms. The molecule has 1 aromatic rings. The highest BCUT2D eigenvalue weighted by Gasteiger charge is 2.30. The molecule has 7 heteroatoms. The van der Waals surface area contributed by atoms with Gasteiger partial charge in [0.15, 0.2) is 5.76 Å². The van der Waals surface area contributed by atoms with Gasteiger partial charge in [0.05, 0.1) is 25.8 Å². The summed E-state index contributed by atoms with van der Waals surface area (Å²) in [6, 6.07) is 5.95. The lowest BCUT2D eigenvalue weighted by molar-refractivity contribution is -0.175. The van der Waals surface area contributed by atoms with Crippen molar-refractivity contribution in [3.8, 4) is 0 Å². The van der Waals surface area contributed by atoms with Crippen molar-refractivity contribution in [2.45, 2.75) is 20.4 Å². The van der Waals surface area contributed by atoms with Gasteiger partial charge in [0, 0.05) is 5.56 Å². The summed E-state index contributed by atoms with van der Waals surface area (Å²) in [5.74, 6) is -2.51. The van der Waals surface area contributed by atoms with Crippen LogP contribution in [0.5, 0.6) is 0 Å². The van der Waals surface area contributed by atoms with Crippen molar-refractivity contribution in [1.29, 1.82) is 0 Å².